The Bertz CT molecular complexity index is 514. The fraction of sp³-hybridized carbons (Fsp3) is 1.00. The molecule has 11 nitrogen and oxygen atoms in total. The third-order valence-electron chi connectivity index (χ3n) is 7.50. The first-order chi connectivity index (χ1) is 24.4. The van der Waals surface area contributed by atoms with Gasteiger partial charge in [-0.25, -0.2) is 0 Å². The predicted molar refractivity (Wildman–Crippen MR) is 195 cm³/mol. The van der Waals surface area contributed by atoms with Gasteiger partial charge in [0.25, 0.3) is 0 Å². The molecule has 0 fully saturated rings. The Kier molecular flexibility index (Phi) is 47.1. The number of hydrogen-bond donors (Lipinski definition) is 0. The lowest BCUT2D eigenvalue weighted by atomic mass is 10.1. The Hall–Kier alpha value is -0.440. The Labute approximate surface area is 300 Å². The van der Waals surface area contributed by atoms with E-state index in [0.717, 1.165) is 26.1 Å². The van der Waals surface area contributed by atoms with Crippen molar-refractivity contribution in [1.29, 1.82) is 0 Å². The van der Waals surface area contributed by atoms with Gasteiger partial charge < -0.3 is 52.1 Å². The SMILES string of the molecule is CCCCCCCCCCCCCOCCOCCOCCOCCOCCOCCOCCOCCOCCOCCOCCCCC. The lowest BCUT2D eigenvalue weighted by molar-refractivity contribution is -0.0275. The molecule has 0 aliphatic heterocycles. The molecule has 0 radical (unpaired) electrons. The van der Waals surface area contributed by atoms with Crippen molar-refractivity contribution in [2.75, 3.05) is 145 Å². The minimum Gasteiger partial charge on any atom is -0.379 e. The highest BCUT2D eigenvalue weighted by Gasteiger charge is 1.97. The summed E-state index contributed by atoms with van der Waals surface area (Å²) >= 11 is 0. The molecular weight excluding hydrogens is 632 g/mol. The zero-order valence-electron chi connectivity index (χ0n) is 31.9. The fourth-order valence-corrected chi connectivity index (χ4v) is 4.62. The Morgan fingerprint density at radius 2 is 0.306 bits per heavy atom. The van der Waals surface area contributed by atoms with E-state index in [4.69, 9.17) is 52.1 Å². The van der Waals surface area contributed by atoms with Crippen LogP contribution in [0.3, 0.4) is 0 Å². The normalized spacial score (nSPS) is 11.6. The Morgan fingerprint density at radius 1 is 0.163 bits per heavy atom. The van der Waals surface area contributed by atoms with Crippen LogP contribution in [0.1, 0.15) is 104 Å². The van der Waals surface area contributed by atoms with Gasteiger partial charge >= 0.3 is 0 Å². The van der Waals surface area contributed by atoms with Gasteiger partial charge in [-0.15, -0.1) is 0 Å². The average molecular weight is 711 g/mol. The van der Waals surface area contributed by atoms with Gasteiger partial charge in [0.1, 0.15) is 0 Å². The summed E-state index contributed by atoms with van der Waals surface area (Å²) in [6.45, 7) is 17.3. The molecule has 0 atom stereocenters. The van der Waals surface area contributed by atoms with Crippen molar-refractivity contribution in [2.24, 2.45) is 0 Å². The molecule has 0 N–H and O–H groups in total. The summed E-state index contributed by atoms with van der Waals surface area (Å²) in [5, 5.41) is 0. The summed E-state index contributed by atoms with van der Waals surface area (Å²) in [7, 11) is 0. The smallest absolute Gasteiger partial charge is 0.0701 e. The largest absolute Gasteiger partial charge is 0.379 e. The van der Waals surface area contributed by atoms with Crippen LogP contribution >= 0.6 is 0 Å². The molecule has 0 aromatic heterocycles. The monoisotopic (exact) mass is 711 g/mol. The first kappa shape index (κ1) is 48.6. The van der Waals surface area contributed by atoms with Crippen LogP contribution in [0.25, 0.3) is 0 Å². The maximum absolute atomic E-state index is 5.66. The third-order valence-corrected chi connectivity index (χ3v) is 7.50. The first-order valence-corrected chi connectivity index (χ1v) is 19.8. The van der Waals surface area contributed by atoms with E-state index in [1.165, 1.54) is 77.0 Å². The van der Waals surface area contributed by atoms with Crippen LogP contribution in [0.5, 0.6) is 0 Å². The van der Waals surface area contributed by atoms with E-state index >= 15 is 0 Å². The summed E-state index contributed by atoms with van der Waals surface area (Å²) in [5.74, 6) is 0. The molecular formula is C38H78O11. The molecule has 0 unspecified atom stereocenters. The van der Waals surface area contributed by atoms with Gasteiger partial charge in [0, 0.05) is 13.2 Å². The van der Waals surface area contributed by atoms with E-state index in [1.54, 1.807) is 0 Å². The zero-order chi connectivity index (χ0) is 35.2. The quantitative estimate of drug-likeness (QED) is 0.0634. The summed E-state index contributed by atoms with van der Waals surface area (Å²) < 4.78 is 60.7. The number of hydrogen-bond acceptors (Lipinski definition) is 11. The van der Waals surface area contributed by atoms with Crippen LogP contribution in [0, 0.1) is 0 Å². The fourth-order valence-electron chi connectivity index (χ4n) is 4.62. The molecule has 0 aliphatic rings. The van der Waals surface area contributed by atoms with Crippen LogP contribution in [0.4, 0.5) is 0 Å². The summed E-state index contributed by atoms with van der Waals surface area (Å²) in [4.78, 5) is 0. The molecule has 0 aliphatic carbocycles. The van der Waals surface area contributed by atoms with E-state index in [2.05, 4.69) is 13.8 Å². The van der Waals surface area contributed by atoms with Gasteiger partial charge in [0.2, 0.25) is 0 Å². The second-order valence-electron chi connectivity index (χ2n) is 12.0. The lowest BCUT2D eigenvalue weighted by Crippen LogP contribution is -2.15. The molecule has 49 heavy (non-hydrogen) atoms. The Morgan fingerprint density at radius 3 is 0.531 bits per heavy atom. The third kappa shape index (κ3) is 47.6. The van der Waals surface area contributed by atoms with E-state index in [1.807, 2.05) is 0 Å². The van der Waals surface area contributed by atoms with Gasteiger partial charge in [-0.1, -0.05) is 90.9 Å². The van der Waals surface area contributed by atoms with Gasteiger partial charge in [-0.2, -0.15) is 0 Å². The van der Waals surface area contributed by atoms with Crippen molar-refractivity contribution in [3.8, 4) is 0 Å². The van der Waals surface area contributed by atoms with Gasteiger partial charge in [0.05, 0.1) is 132 Å². The van der Waals surface area contributed by atoms with E-state index in [9.17, 15) is 0 Å². The minimum absolute atomic E-state index is 0.528. The van der Waals surface area contributed by atoms with Crippen molar-refractivity contribution in [3.05, 3.63) is 0 Å². The molecule has 296 valence electrons. The van der Waals surface area contributed by atoms with Crippen molar-refractivity contribution in [1.82, 2.24) is 0 Å². The summed E-state index contributed by atoms with van der Waals surface area (Å²) in [6, 6.07) is 0. The summed E-state index contributed by atoms with van der Waals surface area (Å²) in [5.41, 5.74) is 0. The topological polar surface area (TPSA) is 102 Å². The molecule has 0 aromatic rings. The van der Waals surface area contributed by atoms with Crippen molar-refractivity contribution in [2.45, 2.75) is 104 Å². The van der Waals surface area contributed by atoms with E-state index in [0.29, 0.717) is 132 Å². The van der Waals surface area contributed by atoms with Crippen LogP contribution in [0.15, 0.2) is 0 Å². The molecule has 0 amide bonds. The van der Waals surface area contributed by atoms with Crippen LogP contribution in [-0.2, 0) is 52.1 Å². The van der Waals surface area contributed by atoms with Gasteiger partial charge in [0.15, 0.2) is 0 Å². The number of unbranched alkanes of at least 4 members (excludes halogenated alkanes) is 12. The Balaban J connectivity index is 3.04. The van der Waals surface area contributed by atoms with Gasteiger partial charge in [-0.05, 0) is 12.8 Å². The lowest BCUT2D eigenvalue weighted by Gasteiger charge is -2.09. The maximum Gasteiger partial charge on any atom is 0.0701 e. The van der Waals surface area contributed by atoms with Crippen LogP contribution in [0.2, 0.25) is 0 Å². The second kappa shape index (κ2) is 47.6. The minimum atomic E-state index is 0.528. The predicted octanol–water partition coefficient (Wildman–Crippen LogP) is 6.67. The second-order valence-corrected chi connectivity index (χ2v) is 12.0. The van der Waals surface area contributed by atoms with Crippen molar-refractivity contribution in [3.63, 3.8) is 0 Å². The number of rotatable bonds is 46. The zero-order valence-corrected chi connectivity index (χ0v) is 31.9. The van der Waals surface area contributed by atoms with Crippen molar-refractivity contribution >= 4 is 0 Å². The highest BCUT2D eigenvalue weighted by Crippen LogP contribution is 2.11. The molecule has 0 spiro atoms. The van der Waals surface area contributed by atoms with Crippen molar-refractivity contribution < 1.29 is 52.1 Å². The van der Waals surface area contributed by atoms with E-state index < -0.39 is 0 Å². The molecule has 0 rings (SSSR count). The highest BCUT2D eigenvalue weighted by atomic mass is 16.6. The molecule has 0 saturated carbocycles. The average Bonchev–Trinajstić information content (AvgIpc) is 3.11. The molecule has 0 saturated heterocycles. The van der Waals surface area contributed by atoms with Gasteiger partial charge in [-0.3, -0.25) is 0 Å². The molecule has 0 aromatic carbocycles. The molecule has 11 heteroatoms. The summed E-state index contributed by atoms with van der Waals surface area (Å²) in [6.07, 6.45) is 18.4. The molecule has 0 heterocycles. The van der Waals surface area contributed by atoms with Crippen LogP contribution < -0.4 is 0 Å². The first-order valence-electron chi connectivity index (χ1n) is 19.8. The number of ether oxygens (including phenoxy) is 11. The standard InChI is InChI=1S/C38H78O11/c1-3-5-7-8-9-10-11-12-13-14-16-18-40-20-22-42-24-26-44-28-30-46-32-34-48-36-38-49-37-35-47-33-31-45-29-27-43-25-23-41-21-19-39-17-15-6-4-2/h3-38H2,1-2H3. The van der Waals surface area contributed by atoms with Crippen LogP contribution in [-0.4, -0.2) is 145 Å². The van der Waals surface area contributed by atoms with E-state index in [-0.39, 0.29) is 0 Å². The maximum atomic E-state index is 5.66. The molecule has 0 bridgehead atoms. The highest BCUT2D eigenvalue weighted by molar-refractivity contribution is 4.48.